The predicted molar refractivity (Wildman–Crippen MR) is 82.2 cm³/mol. The van der Waals surface area contributed by atoms with Crippen LogP contribution >= 0.6 is 11.5 Å². The summed E-state index contributed by atoms with van der Waals surface area (Å²) in [7, 11) is -3.05. The van der Waals surface area contributed by atoms with E-state index in [2.05, 4.69) is 9.59 Å². The third kappa shape index (κ3) is 3.79. The van der Waals surface area contributed by atoms with Gasteiger partial charge in [0.1, 0.15) is 4.88 Å². The number of rotatable bonds is 4. The molecule has 1 aromatic rings. The molecule has 1 aromatic heterocycles. The van der Waals surface area contributed by atoms with E-state index < -0.39 is 9.84 Å². The van der Waals surface area contributed by atoms with Crippen LogP contribution in [-0.2, 0) is 9.84 Å². The molecule has 8 heteroatoms. The second kappa shape index (κ2) is 6.39. The molecule has 1 amide bonds. The van der Waals surface area contributed by atoms with E-state index in [1.807, 2.05) is 13.8 Å². The highest BCUT2D eigenvalue weighted by atomic mass is 32.2. The standard InChI is InChI=1S/C13H21N3O3S2/c1-9(2)8-21(18,19)11-4-6-16(7-5-11)13(17)12-10(3)14-15-20-12/h9,11H,4-8H2,1-3H3. The summed E-state index contributed by atoms with van der Waals surface area (Å²) in [4.78, 5) is 14.6. The Morgan fingerprint density at radius 2 is 2.00 bits per heavy atom. The Hall–Kier alpha value is -1.02. The van der Waals surface area contributed by atoms with Crippen molar-refractivity contribution in [3.05, 3.63) is 10.6 Å². The molecule has 0 saturated carbocycles. The van der Waals surface area contributed by atoms with Crippen molar-refractivity contribution in [3.63, 3.8) is 0 Å². The van der Waals surface area contributed by atoms with Crippen LogP contribution in [0.25, 0.3) is 0 Å². The maximum Gasteiger partial charge on any atom is 0.267 e. The Balaban J connectivity index is 1.98. The molecule has 0 bridgehead atoms. The molecule has 0 aromatic carbocycles. The molecule has 0 atom stereocenters. The lowest BCUT2D eigenvalue weighted by atomic mass is 10.1. The van der Waals surface area contributed by atoms with Gasteiger partial charge in [-0.3, -0.25) is 4.79 Å². The highest BCUT2D eigenvalue weighted by molar-refractivity contribution is 7.92. The van der Waals surface area contributed by atoms with Crippen molar-refractivity contribution in [2.24, 2.45) is 5.92 Å². The van der Waals surface area contributed by atoms with Crippen molar-refractivity contribution < 1.29 is 13.2 Å². The number of aromatic nitrogens is 2. The normalized spacial score (nSPS) is 17.4. The molecular formula is C13H21N3O3S2. The Morgan fingerprint density at radius 3 is 2.48 bits per heavy atom. The van der Waals surface area contributed by atoms with E-state index in [0.717, 1.165) is 11.5 Å². The number of piperidine rings is 1. The molecule has 21 heavy (non-hydrogen) atoms. The zero-order valence-corrected chi connectivity index (χ0v) is 14.2. The molecule has 0 unspecified atom stereocenters. The van der Waals surface area contributed by atoms with Gasteiger partial charge in [0.25, 0.3) is 5.91 Å². The van der Waals surface area contributed by atoms with E-state index in [1.54, 1.807) is 11.8 Å². The quantitative estimate of drug-likeness (QED) is 0.835. The molecule has 2 heterocycles. The Kier molecular flexibility index (Phi) is 4.98. The van der Waals surface area contributed by atoms with E-state index in [-0.39, 0.29) is 22.8 Å². The first-order chi connectivity index (χ1) is 9.81. The SMILES string of the molecule is Cc1nnsc1C(=O)N1CCC(S(=O)(=O)CC(C)C)CC1. The van der Waals surface area contributed by atoms with E-state index >= 15 is 0 Å². The maximum absolute atomic E-state index is 12.3. The monoisotopic (exact) mass is 331 g/mol. The number of sulfone groups is 1. The van der Waals surface area contributed by atoms with E-state index in [9.17, 15) is 13.2 Å². The van der Waals surface area contributed by atoms with Crippen molar-refractivity contribution in [2.75, 3.05) is 18.8 Å². The van der Waals surface area contributed by atoms with Crippen molar-refractivity contribution in [2.45, 2.75) is 38.9 Å². The second-order valence-electron chi connectivity index (χ2n) is 5.90. The molecule has 1 aliphatic rings. The van der Waals surface area contributed by atoms with Crippen LogP contribution in [0.15, 0.2) is 0 Å². The van der Waals surface area contributed by atoms with E-state index in [1.165, 1.54) is 0 Å². The summed E-state index contributed by atoms with van der Waals surface area (Å²) in [6, 6.07) is 0. The maximum atomic E-state index is 12.3. The van der Waals surface area contributed by atoms with Crippen LogP contribution < -0.4 is 0 Å². The molecule has 118 valence electrons. The summed E-state index contributed by atoms with van der Waals surface area (Å²) in [5, 5.41) is 3.53. The molecule has 0 spiro atoms. The van der Waals surface area contributed by atoms with Crippen molar-refractivity contribution >= 4 is 27.3 Å². The van der Waals surface area contributed by atoms with Gasteiger partial charge in [0.2, 0.25) is 0 Å². The lowest BCUT2D eigenvalue weighted by Gasteiger charge is -2.31. The van der Waals surface area contributed by atoms with Crippen LogP contribution in [0.3, 0.4) is 0 Å². The fraction of sp³-hybridized carbons (Fsp3) is 0.769. The fourth-order valence-corrected chi connectivity index (χ4v) is 5.35. The van der Waals surface area contributed by atoms with Gasteiger partial charge in [0.05, 0.1) is 16.7 Å². The molecule has 1 aliphatic heterocycles. The smallest absolute Gasteiger partial charge is 0.267 e. The Morgan fingerprint density at radius 1 is 1.38 bits per heavy atom. The minimum atomic E-state index is -3.05. The Bertz CT molecular complexity index is 602. The minimum absolute atomic E-state index is 0.0813. The van der Waals surface area contributed by atoms with Crippen molar-refractivity contribution in [3.8, 4) is 0 Å². The minimum Gasteiger partial charge on any atom is -0.338 e. The summed E-state index contributed by atoms with van der Waals surface area (Å²) >= 11 is 1.10. The zero-order valence-electron chi connectivity index (χ0n) is 12.6. The summed E-state index contributed by atoms with van der Waals surface area (Å²) in [5.74, 6) is 0.284. The third-order valence-electron chi connectivity index (χ3n) is 3.65. The number of likely N-dealkylation sites (tertiary alicyclic amines) is 1. The molecule has 0 radical (unpaired) electrons. The van der Waals surface area contributed by atoms with Crippen LogP contribution in [0.4, 0.5) is 0 Å². The van der Waals surface area contributed by atoms with E-state index in [0.29, 0.717) is 36.5 Å². The van der Waals surface area contributed by atoms with Gasteiger partial charge < -0.3 is 4.90 Å². The van der Waals surface area contributed by atoms with Crippen LogP contribution in [0.2, 0.25) is 0 Å². The van der Waals surface area contributed by atoms with Crippen LogP contribution in [-0.4, -0.2) is 52.9 Å². The first kappa shape index (κ1) is 16.4. The van der Waals surface area contributed by atoms with Crippen molar-refractivity contribution in [1.29, 1.82) is 0 Å². The van der Waals surface area contributed by atoms with Gasteiger partial charge in [0, 0.05) is 13.1 Å². The highest BCUT2D eigenvalue weighted by Gasteiger charge is 2.32. The molecule has 6 nitrogen and oxygen atoms in total. The molecule has 0 aliphatic carbocycles. The van der Waals surface area contributed by atoms with Gasteiger partial charge in [-0.05, 0) is 37.2 Å². The van der Waals surface area contributed by atoms with E-state index in [4.69, 9.17) is 0 Å². The summed E-state index contributed by atoms with van der Waals surface area (Å²) in [6.07, 6.45) is 1.04. The first-order valence-corrected chi connectivity index (χ1v) is 9.60. The van der Waals surface area contributed by atoms with Crippen LogP contribution in [0.5, 0.6) is 0 Å². The van der Waals surface area contributed by atoms with Gasteiger partial charge in [-0.2, -0.15) is 0 Å². The number of aryl methyl sites for hydroxylation is 1. The number of carbonyl (C=O) groups is 1. The van der Waals surface area contributed by atoms with Gasteiger partial charge >= 0.3 is 0 Å². The van der Waals surface area contributed by atoms with Crippen LogP contribution in [0, 0.1) is 12.8 Å². The Labute approximate surface area is 129 Å². The topological polar surface area (TPSA) is 80.2 Å². The lowest BCUT2D eigenvalue weighted by Crippen LogP contribution is -2.43. The second-order valence-corrected chi connectivity index (χ2v) is 8.98. The molecule has 1 saturated heterocycles. The number of hydrogen-bond donors (Lipinski definition) is 0. The van der Waals surface area contributed by atoms with Gasteiger partial charge in [-0.1, -0.05) is 18.3 Å². The van der Waals surface area contributed by atoms with Gasteiger partial charge in [-0.15, -0.1) is 5.10 Å². The molecule has 2 rings (SSSR count). The average molecular weight is 331 g/mol. The van der Waals surface area contributed by atoms with Crippen LogP contribution in [0.1, 0.15) is 42.1 Å². The molecule has 0 N–H and O–H groups in total. The number of carbonyl (C=O) groups excluding carboxylic acids is 1. The zero-order chi connectivity index (χ0) is 15.6. The number of nitrogens with zero attached hydrogens (tertiary/aromatic N) is 3. The average Bonchev–Trinajstić information content (AvgIpc) is 2.83. The summed E-state index contributed by atoms with van der Waals surface area (Å²) in [6.45, 7) is 6.55. The molecular weight excluding hydrogens is 310 g/mol. The van der Waals surface area contributed by atoms with Gasteiger partial charge in [0.15, 0.2) is 9.84 Å². The van der Waals surface area contributed by atoms with Gasteiger partial charge in [-0.25, -0.2) is 8.42 Å². The number of hydrogen-bond acceptors (Lipinski definition) is 6. The summed E-state index contributed by atoms with van der Waals surface area (Å²) in [5.41, 5.74) is 0.638. The molecule has 1 fully saturated rings. The highest BCUT2D eigenvalue weighted by Crippen LogP contribution is 2.22. The third-order valence-corrected chi connectivity index (χ3v) is 7.08. The van der Waals surface area contributed by atoms with Crippen molar-refractivity contribution in [1.82, 2.24) is 14.5 Å². The largest absolute Gasteiger partial charge is 0.338 e. The summed E-state index contributed by atoms with van der Waals surface area (Å²) < 4.78 is 28.2. The number of amides is 1. The lowest BCUT2D eigenvalue weighted by molar-refractivity contribution is 0.0729. The fourth-order valence-electron chi connectivity index (χ4n) is 2.59. The first-order valence-electron chi connectivity index (χ1n) is 7.11. The predicted octanol–water partition coefficient (Wildman–Crippen LogP) is 1.52.